The Morgan fingerprint density at radius 3 is 3.06 bits per heavy atom. The number of amides is 1. The van der Waals surface area contributed by atoms with E-state index in [1.165, 1.54) is 0 Å². The van der Waals surface area contributed by atoms with Crippen molar-refractivity contribution in [3.8, 4) is 0 Å². The van der Waals surface area contributed by atoms with Crippen molar-refractivity contribution in [3.05, 3.63) is 29.3 Å². The van der Waals surface area contributed by atoms with Crippen LogP contribution in [-0.4, -0.2) is 36.9 Å². The first kappa shape index (κ1) is 12.4. The van der Waals surface area contributed by atoms with Crippen molar-refractivity contribution < 1.29 is 14.6 Å². The number of benzene rings is 1. The molecule has 0 spiro atoms. The predicted octanol–water partition coefficient (Wildman–Crippen LogP) is 1.45. The summed E-state index contributed by atoms with van der Waals surface area (Å²) >= 11 is 5.92. The Labute approximate surface area is 105 Å². The van der Waals surface area contributed by atoms with E-state index in [2.05, 4.69) is 0 Å². The molecule has 0 aliphatic carbocycles. The van der Waals surface area contributed by atoms with Crippen LogP contribution in [0.1, 0.15) is 6.42 Å². The first-order valence-corrected chi connectivity index (χ1v) is 5.86. The van der Waals surface area contributed by atoms with Crippen LogP contribution in [0.25, 0.3) is 0 Å². The smallest absolute Gasteiger partial charge is 0.253 e. The number of nitrogens with zero attached hydrogens (tertiary/aromatic N) is 1. The monoisotopic (exact) mass is 255 g/mol. The summed E-state index contributed by atoms with van der Waals surface area (Å²) in [6.45, 7) is 0.547. The molecule has 1 N–H and O–H groups in total. The highest BCUT2D eigenvalue weighted by Crippen LogP contribution is 2.24. The molecule has 5 heteroatoms. The maximum atomic E-state index is 11.9. The van der Waals surface area contributed by atoms with Crippen LogP contribution in [0.15, 0.2) is 24.3 Å². The van der Waals surface area contributed by atoms with Crippen molar-refractivity contribution in [2.24, 2.45) is 0 Å². The minimum absolute atomic E-state index is 0.0262. The second-order valence-electron chi connectivity index (χ2n) is 3.92. The number of anilines is 1. The van der Waals surface area contributed by atoms with Crippen LogP contribution in [0, 0.1) is 0 Å². The molecule has 1 unspecified atom stereocenters. The van der Waals surface area contributed by atoms with Crippen LogP contribution >= 0.6 is 11.6 Å². The summed E-state index contributed by atoms with van der Waals surface area (Å²) in [6.07, 6.45) is 0.498. The number of aliphatic hydroxyl groups excluding tert-OH is 1. The van der Waals surface area contributed by atoms with Gasteiger partial charge in [0.25, 0.3) is 5.91 Å². The fraction of sp³-hybridized carbons (Fsp3) is 0.417. The first-order chi connectivity index (χ1) is 8.22. The van der Waals surface area contributed by atoms with E-state index in [0.717, 1.165) is 5.69 Å². The number of carbonyl (C=O) groups excluding carboxylic acids is 1. The number of halogens is 1. The van der Waals surface area contributed by atoms with Crippen LogP contribution in [0.3, 0.4) is 0 Å². The standard InChI is InChI=1S/C12H14ClNO3/c13-9-2-1-3-10(6-9)14-11(4-5-15)7-17-8-12(14)16/h1-3,6,11,15H,4-5,7-8H2. The maximum Gasteiger partial charge on any atom is 0.253 e. The van der Waals surface area contributed by atoms with Gasteiger partial charge in [-0.1, -0.05) is 17.7 Å². The summed E-state index contributed by atoms with van der Waals surface area (Å²) in [6, 6.07) is 7.02. The highest BCUT2D eigenvalue weighted by Gasteiger charge is 2.29. The van der Waals surface area contributed by atoms with Crippen molar-refractivity contribution >= 4 is 23.2 Å². The third kappa shape index (κ3) is 2.77. The fourth-order valence-electron chi connectivity index (χ4n) is 1.97. The largest absolute Gasteiger partial charge is 0.396 e. The Morgan fingerprint density at radius 1 is 1.53 bits per heavy atom. The molecule has 1 fully saturated rings. The van der Waals surface area contributed by atoms with E-state index in [0.29, 0.717) is 18.1 Å². The molecule has 1 aliphatic rings. The summed E-state index contributed by atoms with van der Waals surface area (Å²) in [5.74, 6) is -0.100. The number of hydrogen-bond acceptors (Lipinski definition) is 3. The Hall–Kier alpha value is -1.10. The van der Waals surface area contributed by atoms with E-state index in [-0.39, 0.29) is 25.2 Å². The van der Waals surface area contributed by atoms with E-state index >= 15 is 0 Å². The highest BCUT2D eigenvalue weighted by molar-refractivity contribution is 6.30. The fourth-order valence-corrected chi connectivity index (χ4v) is 2.16. The van der Waals surface area contributed by atoms with Crippen LogP contribution in [0.2, 0.25) is 5.02 Å². The Balaban J connectivity index is 2.27. The molecule has 1 aliphatic heterocycles. The number of rotatable bonds is 3. The van der Waals surface area contributed by atoms with Crippen LogP contribution in [0.5, 0.6) is 0 Å². The third-order valence-corrected chi connectivity index (χ3v) is 2.95. The van der Waals surface area contributed by atoms with Gasteiger partial charge >= 0.3 is 0 Å². The summed E-state index contributed by atoms with van der Waals surface area (Å²) in [5, 5.41) is 9.59. The molecular weight excluding hydrogens is 242 g/mol. The molecule has 0 radical (unpaired) electrons. The molecular formula is C12H14ClNO3. The van der Waals surface area contributed by atoms with Gasteiger partial charge in [0, 0.05) is 17.3 Å². The minimum atomic E-state index is -0.125. The average Bonchev–Trinajstić information content (AvgIpc) is 2.29. The van der Waals surface area contributed by atoms with Crippen molar-refractivity contribution in [1.29, 1.82) is 0 Å². The van der Waals surface area contributed by atoms with Gasteiger partial charge in [0.1, 0.15) is 6.61 Å². The lowest BCUT2D eigenvalue weighted by Gasteiger charge is -2.35. The number of ether oxygens (including phenoxy) is 1. The molecule has 1 amide bonds. The van der Waals surface area contributed by atoms with Crippen LogP contribution in [-0.2, 0) is 9.53 Å². The molecule has 0 saturated carbocycles. The number of carbonyl (C=O) groups is 1. The Kier molecular flexibility index (Phi) is 3.99. The molecule has 1 saturated heterocycles. The first-order valence-electron chi connectivity index (χ1n) is 5.48. The molecule has 0 aromatic heterocycles. The van der Waals surface area contributed by atoms with Gasteiger partial charge in [-0.2, -0.15) is 0 Å². The molecule has 17 heavy (non-hydrogen) atoms. The molecule has 1 aromatic rings. The van der Waals surface area contributed by atoms with E-state index < -0.39 is 0 Å². The second kappa shape index (κ2) is 5.49. The summed E-state index contributed by atoms with van der Waals surface area (Å²) in [4.78, 5) is 13.5. The summed E-state index contributed by atoms with van der Waals surface area (Å²) < 4.78 is 5.19. The lowest BCUT2D eigenvalue weighted by atomic mass is 10.1. The summed E-state index contributed by atoms with van der Waals surface area (Å²) in [5.41, 5.74) is 0.754. The normalized spacial score (nSPS) is 20.7. The van der Waals surface area contributed by atoms with E-state index in [1.807, 2.05) is 6.07 Å². The van der Waals surface area contributed by atoms with Gasteiger partial charge in [-0.15, -0.1) is 0 Å². The lowest BCUT2D eigenvalue weighted by molar-refractivity contribution is -0.127. The number of hydrogen-bond donors (Lipinski definition) is 1. The van der Waals surface area contributed by atoms with Crippen molar-refractivity contribution in [3.63, 3.8) is 0 Å². The van der Waals surface area contributed by atoms with Gasteiger partial charge in [0.15, 0.2) is 0 Å². The van der Waals surface area contributed by atoms with E-state index in [4.69, 9.17) is 21.4 Å². The highest BCUT2D eigenvalue weighted by atomic mass is 35.5. The van der Waals surface area contributed by atoms with Crippen molar-refractivity contribution in [1.82, 2.24) is 0 Å². The van der Waals surface area contributed by atoms with Gasteiger partial charge in [-0.25, -0.2) is 0 Å². The zero-order chi connectivity index (χ0) is 12.3. The van der Waals surface area contributed by atoms with Crippen LogP contribution < -0.4 is 4.90 Å². The lowest BCUT2D eigenvalue weighted by Crippen LogP contribution is -2.50. The van der Waals surface area contributed by atoms with Gasteiger partial charge in [-0.05, 0) is 24.6 Å². The molecule has 1 atom stereocenters. The number of aliphatic hydroxyl groups is 1. The number of morpholine rings is 1. The molecule has 92 valence electrons. The van der Waals surface area contributed by atoms with Gasteiger partial charge in [0.2, 0.25) is 0 Å². The molecule has 0 bridgehead atoms. The predicted molar refractivity (Wildman–Crippen MR) is 65.2 cm³/mol. The van der Waals surface area contributed by atoms with Crippen molar-refractivity contribution in [2.75, 3.05) is 24.7 Å². The van der Waals surface area contributed by atoms with Crippen LogP contribution in [0.4, 0.5) is 5.69 Å². The SMILES string of the molecule is O=C1COCC(CCO)N1c1cccc(Cl)c1. The molecule has 1 aromatic carbocycles. The van der Waals surface area contributed by atoms with Gasteiger partial charge in [-0.3, -0.25) is 4.79 Å². The minimum Gasteiger partial charge on any atom is -0.396 e. The van der Waals surface area contributed by atoms with Gasteiger partial charge in [0.05, 0.1) is 12.6 Å². The topological polar surface area (TPSA) is 49.8 Å². The van der Waals surface area contributed by atoms with Crippen molar-refractivity contribution in [2.45, 2.75) is 12.5 Å². The Bertz CT molecular complexity index is 408. The Morgan fingerprint density at radius 2 is 2.35 bits per heavy atom. The third-order valence-electron chi connectivity index (χ3n) is 2.72. The average molecular weight is 256 g/mol. The van der Waals surface area contributed by atoms with E-state index in [1.54, 1.807) is 23.1 Å². The van der Waals surface area contributed by atoms with E-state index in [9.17, 15) is 4.79 Å². The maximum absolute atomic E-state index is 11.9. The zero-order valence-corrected chi connectivity index (χ0v) is 10.1. The second-order valence-corrected chi connectivity index (χ2v) is 4.36. The zero-order valence-electron chi connectivity index (χ0n) is 9.30. The molecule has 1 heterocycles. The summed E-state index contributed by atoms with van der Waals surface area (Å²) in [7, 11) is 0. The quantitative estimate of drug-likeness (QED) is 0.890. The molecule has 2 rings (SSSR count). The van der Waals surface area contributed by atoms with Gasteiger partial charge < -0.3 is 14.7 Å². The molecule has 4 nitrogen and oxygen atoms in total.